The molecule has 0 bridgehead atoms. The second-order valence-electron chi connectivity index (χ2n) is 29.4. The van der Waals surface area contributed by atoms with E-state index in [4.69, 9.17) is 37.0 Å². The maximum Gasteiger partial charge on any atom is 0.472 e. The van der Waals surface area contributed by atoms with Crippen molar-refractivity contribution in [2.24, 2.45) is 11.8 Å². The molecule has 0 aromatic carbocycles. The first-order valence-electron chi connectivity index (χ1n) is 41.0. The summed E-state index contributed by atoms with van der Waals surface area (Å²) in [6, 6.07) is 0. The van der Waals surface area contributed by atoms with Crippen LogP contribution in [0.5, 0.6) is 0 Å². The van der Waals surface area contributed by atoms with Crippen molar-refractivity contribution in [3.05, 3.63) is 0 Å². The highest BCUT2D eigenvalue weighted by atomic mass is 31.2. The van der Waals surface area contributed by atoms with Crippen LogP contribution in [0.3, 0.4) is 0 Å². The molecule has 98 heavy (non-hydrogen) atoms. The summed E-state index contributed by atoms with van der Waals surface area (Å²) in [5, 5.41) is 10.6. The Bertz CT molecular complexity index is 1890. The summed E-state index contributed by atoms with van der Waals surface area (Å²) >= 11 is 0. The molecule has 0 aromatic heterocycles. The van der Waals surface area contributed by atoms with Gasteiger partial charge < -0.3 is 33.8 Å². The monoisotopic (exact) mass is 1440 g/mol. The summed E-state index contributed by atoms with van der Waals surface area (Å²) in [4.78, 5) is 72.8. The van der Waals surface area contributed by atoms with Crippen LogP contribution < -0.4 is 0 Å². The van der Waals surface area contributed by atoms with Gasteiger partial charge >= 0.3 is 39.5 Å². The molecule has 0 aromatic rings. The largest absolute Gasteiger partial charge is 0.472 e. The van der Waals surface area contributed by atoms with Crippen LogP contribution in [-0.4, -0.2) is 96.7 Å². The first-order valence-corrected chi connectivity index (χ1v) is 44.0. The van der Waals surface area contributed by atoms with E-state index in [1.54, 1.807) is 0 Å². The Labute approximate surface area is 600 Å². The Morgan fingerprint density at radius 3 is 0.694 bits per heavy atom. The quantitative estimate of drug-likeness (QED) is 0.0222. The SMILES string of the molecule is CCCCCCCCCCCCCCCCCCCCCCCC(=O)O[C@H](COC(=O)CCCCCCCCCCCCCCCCCCC)COP(=O)(O)OC[C@@H](O)COP(=O)(O)OC[C@@H](COC(=O)CCCCCCCCC(C)C)OC(=O)CCCCCCCCCCC(C)C. The van der Waals surface area contributed by atoms with E-state index in [0.29, 0.717) is 31.6 Å². The number of hydrogen-bond acceptors (Lipinski definition) is 15. The van der Waals surface area contributed by atoms with Gasteiger partial charge in [0.15, 0.2) is 12.2 Å². The minimum Gasteiger partial charge on any atom is -0.462 e. The van der Waals surface area contributed by atoms with E-state index >= 15 is 0 Å². The second kappa shape index (κ2) is 70.7. The Kier molecular flexibility index (Phi) is 69.3. The number of phosphoric ester groups is 2. The molecule has 19 heteroatoms. The summed E-state index contributed by atoms with van der Waals surface area (Å²) in [5.74, 6) is -0.719. The van der Waals surface area contributed by atoms with Gasteiger partial charge in [0, 0.05) is 25.7 Å². The molecule has 17 nitrogen and oxygen atoms in total. The van der Waals surface area contributed by atoms with Crippen LogP contribution >= 0.6 is 15.6 Å². The van der Waals surface area contributed by atoms with Crippen molar-refractivity contribution in [3.63, 3.8) is 0 Å². The fourth-order valence-corrected chi connectivity index (χ4v) is 13.8. The van der Waals surface area contributed by atoms with Gasteiger partial charge in [-0.05, 0) is 37.5 Å². The van der Waals surface area contributed by atoms with Crippen molar-refractivity contribution < 1.29 is 80.2 Å². The van der Waals surface area contributed by atoms with E-state index in [9.17, 15) is 43.2 Å². The molecule has 0 spiro atoms. The van der Waals surface area contributed by atoms with Crippen LogP contribution in [0.15, 0.2) is 0 Å². The molecule has 0 aliphatic rings. The molecule has 0 aliphatic carbocycles. The van der Waals surface area contributed by atoms with E-state index in [1.165, 1.54) is 225 Å². The lowest BCUT2D eigenvalue weighted by Crippen LogP contribution is -2.30. The number of carbonyl (C=O) groups is 4. The van der Waals surface area contributed by atoms with Crippen molar-refractivity contribution in [2.75, 3.05) is 39.6 Å². The second-order valence-corrected chi connectivity index (χ2v) is 32.3. The van der Waals surface area contributed by atoms with Gasteiger partial charge in [0.25, 0.3) is 0 Å². The molecule has 0 aliphatic heterocycles. The first-order chi connectivity index (χ1) is 47.4. The Hall–Kier alpha value is -1.94. The smallest absolute Gasteiger partial charge is 0.462 e. The van der Waals surface area contributed by atoms with Crippen LogP contribution in [0.2, 0.25) is 0 Å². The van der Waals surface area contributed by atoms with Crippen LogP contribution in [0.1, 0.15) is 414 Å². The van der Waals surface area contributed by atoms with Crippen molar-refractivity contribution in [3.8, 4) is 0 Å². The van der Waals surface area contributed by atoms with E-state index in [-0.39, 0.29) is 25.7 Å². The zero-order valence-electron chi connectivity index (χ0n) is 64.1. The van der Waals surface area contributed by atoms with Crippen molar-refractivity contribution in [1.29, 1.82) is 0 Å². The van der Waals surface area contributed by atoms with Gasteiger partial charge in [0.05, 0.1) is 26.4 Å². The highest BCUT2D eigenvalue weighted by Crippen LogP contribution is 2.45. The normalized spacial score (nSPS) is 13.9. The van der Waals surface area contributed by atoms with Crippen LogP contribution in [0.4, 0.5) is 0 Å². The minimum atomic E-state index is -4.96. The molecular weight excluding hydrogens is 1280 g/mol. The van der Waals surface area contributed by atoms with Gasteiger partial charge in [-0.1, -0.05) is 363 Å². The number of ether oxygens (including phenoxy) is 4. The van der Waals surface area contributed by atoms with Crippen LogP contribution in [-0.2, 0) is 65.4 Å². The van der Waals surface area contributed by atoms with E-state index in [0.717, 1.165) is 102 Å². The molecular formula is C79H154O17P2. The van der Waals surface area contributed by atoms with E-state index in [1.807, 2.05) is 0 Å². The number of hydrogen-bond donors (Lipinski definition) is 3. The molecule has 582 valence electrons. The average molecular weight is 1440 g/mol. The number of aliphatic hydroxyl groups excluding tert-OH is 1. The number of carbonyl (C=O) groups excluding carboxylic acids is 4. The number of rotatable bonds is 78. The molecule has 5 atom stereocenters. The highest BCUT2D eigenvalue weighted by molar-refractivity contribution is 7.47. The zero-order valence-corrected chi connectivity index (χ0v) is 65.9. The summed E-state index contributed by atoms with van der Waals surface area (Å²) in [5.41, 5.74) is 0. The van der Waals surface area contributed by atoms with Crippen molar-refractivity contribution in [2.45, 2.75) is 432 Å². The lowest BCUT2D eigenvalue weighted by atomic mass is 10.0. The Balaban J connectivity index is 5.19. The maximum absolute atomic E-state index is 13.1. The van der Waals surface area contributed by atoms with Gasteiger partial charge in [0.1, 0.15) is 19.3 Å². The van der Waals surface area contributed by atoms with E-state index < -0.39 is 97.5 Å². The molecule has 0 amide bonds. The third kappa shape index (κ3) is 72.4. The third-order valence-electron chi connectivity index (χ3n) is 18.5. The predicted molar refractivity (Wildman–Crippen MR) is 400 cm³/mol. The van der Waals surface area contributed by atoms with Crippen LogP contribution in [0, 0.1) is 11.8 Å². The fraction of sp³-hybridized carbons (Fsp3) is 0.949. The lowest BCUT2D eigenvalue weighted by molar-refractivity contribution is -0.161. The van der Waals surface area contributed by atoms with Gasteiger partial charge in [-0.3, -0.25) is 37.3 Å². The number of unbranched alkanes of at least 4 members (excludes halogenated alkanes) is 48. The summed E-state index contributed by atoms with van der Waals surface area (Å²) in [7, 11) is -9.91. The maximum atomic E-state index is 13.1. The molecule has 3 N–H and O–H groups in total. The highest BCUT2D eigenvalue weighted by Gasteiger charge is 2.30. The molecule has 0 saturated heterocycles. The summed E-state index contributed by atoms with van der Waals surface area (Å²) in [6.07, 6.45) is 60.1. The minimum absolute atomic E-state index is 0.104. The topological polar surface area (TPSA) is 237 Å². The Morgan fingerprint density at radius 2 is 0.469 bits per heavy atom. The van der Waals surface area contributed by atoms with Crippen LogP contribution in [0.25, 0.3) is 0 Å². The van der Waals surface area contributed by atoms with Gasteiger partial charge in [-0.2, -0.15) is 0 Å². The fourth-order valence-electron chi connectivity index (χ4n) is 12.2. The standard InChI is InChI=1S/C79H154O17P2/c1-7-9-11-13-15-17-19-21-23-25-26-27-28-30-32-34-36-38-43-51-57-63-78(83)95-74(67-89-76(81)61-55-49-42-37-35-33-31-29-24-22-20-18-16-14-12-10-8-2)69-93-97(85,86)91-65-73(80)66-92-98(87,88)94-70-75(68-90-77(82)62-56-50-46-45-48-54-60-72(5)6)96-79(84)64-58-52-44-40-39-41-47-53-59-71(3)4/h71-75,80H,7-70H2,1-6H3,(H,85,86)(H,87,88)/t73-,74-,75-/m1/s1. The first kappa shape index (κ1) is 96.1. The zero-order chi connectivity index (χ0) is 72.1. The van der Waals surface area contributed by atoms with E-state index in [2.05, 4.69) is 41.5 Å². The number of esters is 4. The lowest BCUT2D eigenvalue weighted by Gasteiger charge is -2.21. The van der Waals surface area contributed by atoms with Gasteiger partial charge in [-0.25, -0.2) is 9.13 Å². The molecule has 2 unspecified atom stereocenters. The van der Waals surface area contributed by atoms with Gasteiger partial charge in [0.2, 0.25) is 0 Å². The Morgan fingerprint density at radius 1 is 0.276 bits per heavy atom. The molecule has 0 rings (SSSR count). The molecule has 0 radical (unpaired) electrons. The summed E-state index contributed by atoms with van der Waals surface area (Å²) in [6.45, 7) is 9.49. The van der Waals surface area contributed by atoms with Crippen molar-refractivity contribution >= 4 is 39.5 Å². The predicted octanol–water partition coefficient (Wildman–Crippen LogP) is 23.5. The summed E-state index contributed by atoms with van der Waals surface area (Å²) < 4.78 is 68.6. The average Bonchev–Trinajstić information content (AvgIpc) is 1.52. The third-order valence-corrected chi connectivity index (χ3v) is 20.4. The van der Waals surface area contributed by atoms with Crippen molar-refractivity contribution in [1.82, 2.24) is 0 Å². The molecule has 0 heterocycles. The number of phosphoric acid groups is 2. The van der Waals surface area contributed by atoms with Gasteiger partial charge in [-0.15, -0.1) is 0 Å². The number of aliphatic hydroxyl groups is 1. The molecule has 0 saturated carbocycles. The molecule has 0 fully saturated rings.